The Labute approximate surface area is 107 Å². The minimum atomic E-state index is 0.0731. The number of fused-ring (bicyclic) bond motifs is 1. The van der Waals surface area contributed by atoms with Gasteiger partial charge in [-0.25, -0.2) is 4.99 Å². The third kappa shape index (κ3) is 1.80. The molecule has 0 radical (unpaired) electrons. The standard InChI is InChI=1S/C16H15NO/c1-2-18-16-14-11-7-6-10-13(14)15(17-16)12-8-4-3-5-9-12/h3-11,15H,2H2,1H3. The molecule has 0 amide bonds. The van der Waals surface area contributed by atoms with E-state index in [2.05, 4.69) is 30.3 Å². The summed E-state index contributed by atoms with van der Waals surface area (Å²) in [4.78, 5) is 4.71. The molecule has 0 saturated carbocycles. The first kappa shape index (κ1) is 11.0. The zero-order chi connectivity index (χ0) is 12.4. The van der Waals surface area contributed by atoms with Gasteiger partial charge in [-0.05, 0) is 24.1 Å². The zero-order valence-electron chi connectivity index (χ0n) is 10.3. The normalized spacial score (nSPS) is 17.2. The lowest BCUT2D eigenvalue weighted by atomic mass is 9.98. The van der Waals surface area contributed by atoms with Crippen molar-refractivity contribution in [2.24, 2.45) is 4.99 Å². The van der Waals surface area contributed by atoms with Crippen LogP contribution in [-0.2, 0) is 4.74 Å². The summed E-state index contributed by atoms with van der Waals surface area (Å²) in [6.45, 7) is 2.63. The molecule has 2 aromatic carbocycles. The Kier molecular flexibility index (Phi) is 2.85. The molecule has 1 atom stereocenters. The van der Waals surface area contributed by atoms with Crippen molar-refractivity contribution in [2.75, 3.05) is 6.61 Å². The second kappa shape index (κ2) is 4.65. The number of hydrogen-bond acceptors (Lipinski definition) is 2. The summed E-state index contributed by atoms with van der Waals surface area (Å²) < 4.78 is 5.63. The summed E-state index contributed by atoms with van der Waals surface area (Å²) in [6.07, 6.45) is 0. The number of aliphatic imine (C=N–C) groups is 1. The maximum Gasteiger partial charge on any atom is 0.217 e. The van der Waals surface area contributed by atoms with Gasteiger partial charge >= 0.3 is 0 Å². The van der Waals surface area contributed by atoms with E-state index in [9.17, 15) is 0 Å². The topological polar surface area (TPSA) is 21.6 Å². The lowest BCUT2D eigenvalue weighted by molar-refractivity contribution is 0.328. The molecule has 0 fully saturated rings. The second-order valence-electron chi connectivity index (χ2n) is 4.27. The van der Waals surface area contributed by atoms with E-state index >= 15 is 0 Å². The van der Waals surface area contributed by atoms with Crippen LogP contribution in [0.2, 0.25) is 0 Å². The average Bonchev–Trinajstić information content (AvgIpc) is 2.80. The fourth-order valence-corrected chi connectivity index (χ4v) is 2.33. The predicted molar refractivity (Wildman–Crippen MR) is 72.9 cm³/mol. The molecule has 1 unspecified atom stereocenters. The molecule has 1 aliphatic heterocycles. The second-order valence-corrected chi connectivity index (χ2v) is 4.27. The fraction of sp³-hybridized carbons (Fsp3) is 0.188. The lowest BCUT2D eigenvalue weighted by Crippen LogP contribution is -2.03. The lowest BCUT2D eigenvalue weighted by Gasteiger charge is -2.08. The Hall–Kier alpha value is -2.09. The first-order valence-electron chi connectivity index (χ1n) is 6.25. The summed E-state index contributed by atoms with van der Waals surface area (Å²) >= 11 is 0. The number of hydrogen-bond donors (Lipinski definition) is 0. The number of nitrogens with zero attached hydrogens (tertiary/aromatic N) is 1. The average molecular weight is 237 g/mol. The third-order valence-electron chi connectivity index (χ3n) is 3.13. The summed E-state index contributed by atoms with van der Waals surface area (Å²) in [5.74, 6) is 0.766. The van der Waals surface area contributed by atoms with Crippen LogP contribution in [0.25, 0.3) is 0 Å². The van der Waals surface area contributed by atoms with E-state index in [1.54, 1.807) is 0 Å². The molecule has 2 aromatic rings. The van der Waals surface area contributed by atoms with Gasteiger partial charge in [-0.3, -0.25) is 0 Å². The maximum absolute atomic E-state index is 5.63. The molecule has 1 aliphatic rings. The molecule has 0 bridgehead atoms. The van der Waals surface area contributed by atoms with E-state index in [1.807, 2.05) is 31.2 Å². The minimum Gasteiger partial charge on any atom is -0.478 e. The van der Waals surface area contributed by atoms with Crippen LogP contribution in [0.4, 0.5) is 0 Å². The van der Waals surface area contributed by atoms with Gasteiger partial charge in [-0.15, -0.1) is 0 Å². The summed E-state index contributed by atoms with van der Waals surface area (Å²) in [5.41, 5.74) is 3.56. The van der Waals surface area contributed by atoms with Crippen LogP contribution >= 0.6 is 0 Å². The molecular formula is C16H15NO. The minimum absolute atomic E-state index is 0.0731. The highest BCUT2D eigenvalue weighted by atomic mass is 16.5. The van der Waals surface area contributed by atoms with Gasteiger partial charge in [-0.2, -0.15) is 0 Å². The Bertz CT molecular complexity index is 575. The van der Waals surface area contributed by atoms with Crippen molar-refractivity contribution < 1.29 is 4.74 Å². The number of rotatable bonds is 2. The van der Waals surface area contributed by atoms with Crippen molar-refractivity contribution in [3.63, 3.8) is 0 Å². The van der Waals surface area contributed by atoms with Crippen molar-refractivity contribution in [3.05, 3.63) is 71.3 Å². The molecule has 3 rings (SSSR count). The Morgan fingerprint density at radius 3 is 2.50 bits per heavy atom. The summed E-state index contributed by atoms with van der Waals surface area (Å²) in [5, 5.41) is 0. The molecular weight excluding hydrogens is 222 g/mol. The van der Waals surface area contributed by atoms with Gasteiger partial charge in [0.1, 0.15) is 6.04 Å². The van der Waals surface area contributed by atoms with E-state index in [0.29, 0.717) is 6.61 Å². The van der Waals surface area contributed by atoms with Crippen molar-refractivity contribution in [1.82, 2.24) is 0 Å². The molecule has 2 nitrogen and oxygen atoms in total. The third-order valence-corrected chi connectivity index (χ3v) is 3.13. The van der Waals surface area contributed by atoms with Crippen LogP contribution in [0.1, 0.15) is 29.7 Å². The fourth-order valence-electron chi connectivity index (χ4n) is 2.33. The smallest absolute Gasteiger partial charge is 0.217 e. The molecule has 1 heterocycles. The molecule has 0 N–H and O–H groups in total. The van der Waals surface area contributed by atoms with Gasteiger partial charge in [0.2, 0.25) is 5.90 Å². The van der Waals surface area contributed by atoms with Gasteiger partial charge in [0, 0.05) is 5.56 Å². The van der Waals surface area contributed by atoms with Crippen molar-refractivity contribution in [2.45, 2.75) is 13.0 Å². The van der Waals surface area contributed by atoms with Gasteiger partial charge in [0.15, 0.2) is 0 Å². The van der Waals surface area contributed by atoms with Crippen LogP contribution in [0.3, 0.4) is 0 Å². The Morgan fingerprint density at radius 1 is 1.00 bits per heavy atom. The quantitative estimate of drug-likeness (QED) is 0.782. The number of benzene rings is 2. The van der Waals surface area contributed by atoms with Crippen LogP contribution < -0.4 is 0 Å². The van der Waals surface area contributed by atoms with Gasteiger partial charge in [0.05, 0.1) is 6.61 Å². The van der Waals surface area contributed by atoms with Crippen molar-refractivity contribution in [1.29, 1.82) is 0 Å². The summed E-state index contributed by atoms with van der Waals surface area (Å²) in [7, 11) is 0. The van der Waals surface area contributed by atoms with Crippen LogP contribution in [0.5, 0.6) is 0 Å². The largest absolute Gasteiger partial charge is 0.478 e. The van der Waals surface area contributed by atoms with E-state index in [0.717, 1.165) is 11.5 Å². The highest BCUT2D eigenvalue weighted by molar-refractivity contribution is 5.98. The van der Waals surface area contributed by atoms with Crippen LogP contribution in [0, 0.1) is 0 Å². The SMILES string of the molecule is CCOC1=NC(c2ccccc2)c2ccccc21. The molecule has 0 saturated heterocycles. The molecule has 90 valence electrons. The van der Waals surface area contributed by atoms with E-state index in [-0.39, 0.29) is 6.04 Å². The monoisotopic (exact) mass is 237 g/mol. The molecule has 0 aromatic heterocycles. The van der Waals surface area contributed by atoms with Gasteiger partial charge < -0.3 is 4.74 Å². The highest BCUT2D eigenvalue weighted by Crippen LogP contribution is 2.34. The maximum atomic E-state index is 5.63. The van der Waals surface area contributed by atoms with Crippen LogP contribution in [-0.4, -0.2) is 12.5 Å². The first-order chi connectivity index (χ1) is 8.90. The first-order valence-corrected chi connectivity index (χ1v) is 6.25. The molecule has 0 aliphatic carbocycles. The van der Waals surface area contributed by atoms with Gasteiger partial charge in [-0.1, -0.05) is 48.5 Å². The Balaban J connectivity index is 2.07. The van der Waals surface area contributed by atoms with Crippen molar-refractivity contribution in [3.8, 4) is 0 Å². The molecule has 2 heteroatoms. The van der Waals surface area contributed by atoms with E-state index in [1.165, 1.54) is 11.1 Å². The predicted octanol–water partition coefficient (Wildman–Crippen LogP) is 3.57. The van der Waals surface area contributed by atoms with Crippen molar-refractivity contribution >= 4 is 5.90 Å². The van der Waals surface area contributed by atoms with E-state index in [4.69, 9.17) is 9.73 Å². The van der Waals surface area contributed by atoms with Gasteiger partial charge in [0.25, 0.3) is 0 Å². The summed E-state index contributed by atoms with van der Waals surface area (Å²) in [6, 6.07) is 18.7. The molecule has 18 heavy (non-hydrogen) atoms. The highest BCUT2D eigenvalue weighted by Gasteiger charge is 2.26. The Morgan fingerprint density at radius 2 is 1.72 bits per heavy atom. The molecule has 0 spiro atoms. The number of ether oxygens (including phenoxy) is 1. The zero-order valence-corrected chi connectivity index (χ0v) is 10.3. The van der Waals surface area contributed by atoms with Crippen LogP contribution in [0.15, 0.2) is 59.6 Å². The van der Waals surface area contributed by atoms with E-state index < -0.39 is 0 Å².